The van der Waals surface area contributed by atoms with E-state index in [9.17, 15) is 14.0 Å². The van der Waals surface area contributed by atoms with E-state index in [0.717, 1.165) is 22.0 Å². The molecule has 0 aliphatic carbocycles. The molecule has 0 heterocycles. The van der Waals surface area contributed by atoms with E-state index in [2.05, 4.69) is 21.2 Å². The quantitative estimate of drug-likeness (QED) is 0.496. The topological polar surface area (TPSA) is 49.4 Å². The molecule has 30 heavy (non-hydrogen) atoms. The van der Waals surface area contributed by atoms with Gasteiger partial charge in [0.1, 0.15) is 11.9 Å². The molecule has 4 nitrogen and oxygen atoms in total. The summed E-state index contributed by atoms with van der Waals surface area (Å²) < 4.78 is 14.0. The lowest BCUT2D eigenvalue weighted by molar-refractivity contribution is -0.138. The zero-order valence-electron chi connectivity index (χ0n) is 17.5. The molecule has 2 aromatic rings. The summed E-state index contributed by atoms with van der Waals surface area (Å²) in [5, 5.41) is 2.96. The van der Waals surface area contributed by atoms with Gasteiger partial charge in [0.2, 0.25) is 11.8 Å². The number of amides is 2. The lowest BCUT2D eigenvalue weighted by atomic mass is 10.1. The molecule has 2 rings (SSSR count). The monoisotopic (exact) mass is 494 g/mol. The fraction of sp³-hybridized carbons (Fsp3) is 0.391. The van der Waals surface area contributed by atoms with Gasteiger partial charge in [-0.25, -0.2) is 4.39 Å². The van der Waals surface area contributed by atoms with E-state index in [4.69, 9.17) is 0 Å². The summed E-state index contributed by atoms with van der Waals surface area (Å²) in [6, 6.07) is 13.5. The van der Waals surface area contributed by atoms with Gasteiger partial charge in [-0.3, -0.25) is 9.59 Å². The molecule has 0 spiro atoms. The number of rotatable bonds is 10. The van der Waals surface area contributed by atoms with Crippen LogP contribution in [0.1, 0.15) is 38.3 Å². The van der Waals surface area contributed by atoms with Gasteiger partial charge < -0.3 is 10.2 Å². The molecular formula is C23H28BrFN2O2S. The molecule has 0 aliphatic rings. The number of halogens is 2. The Morgan fingerprint density at radius 2 is 1.67 bits per heavy atom. The maximum atomic E-state index is 13.0. The van der Waals surface area contributed by atoms with Crippen LogP contribution in [0.5, 0.6) is 0 Å². The zero-order valence-corrected chi connectivity index (χ0v) is 19.9. The Bertz CT molecular complexity index is 830. The third kappa shape index (κ3) is 7.76. The number of nitrogens with zero attached hydrogens (tertiary/aromatic N) is 1. The van der Waals surface area contributed by atoms with E-state index < -0.39 is 6.04 Å². The summed E-state index contributed by atoms with van der Waals surface area (Å²) >= 11 is 4.87. The van der Waals surface area contributed by atoms with Crippen LogP contribution in [-0.2, 0) is 21.9 Å². The number of thioether (sulfide) groups is 1. The predicted molar refractivity (Wildman–Crippen MR) is 125 cm³/mol. The second-order valence-electron chi connectivity index (χ2n) is 7.26. The van der Waals surface area contributed by atoms with Crippen molar-refractivity contribution in [3.05, 3.63) is 69.9 Å². The van der Waals surface area contributed by atoms with Gasteiger partial charge in [-0.05, 0) is 55.7 Å². The van der Waals surface area contributed by atoms with Crippen molar-refractivity contribution in [1.82, 2.24) is 10.2 Å². The fourth-order valence-corrected chi connectivity index (χ4v) is 3.89. The molecule has 0 aromatic heterocycles. The molecule has 2 atom stereocenters. The maximum absolute atomic E-state index is 13.0. The van der Waals surface area contributed by atoms with Crippen molar-refractivity contribution in [2.75, 3.05) is 5.75 Å². The number of carbonyl (C=O) groups excluding carboxylic acids is 2. The summed E-state index contributed by atoms with van der Waals surface area (Å²) in [6.45, 7) is 6.08. The van der Waals surface area contributed by atoms with Crippen molar-refractivity contribution in [2.24, 2.45) is 0 Å². The first-order valence-electron chi connectivity index (χ1n) is 9.96. The van der Waals surface area contributed by atoms with Crippen LogP contribution in [0.4, 0.5) is 4.39 Å². The van der Waals surface area contributed by atoms with Crippen LogP contribution in [0.25, 0.3) is 0 Å². The van der Waals surface area contributed by atoms with E-state index in [1.807, 2.05) is 38.1 Å². The maximum Gasteiger partial charge on any atom is 0.242 e. The van der Waals surface area contributed by atoms with E-state index in [0.29, 0.717) is 12.3 Å². The van der Waals surface area contributed by atoms with Gasteiger partial charge in [0.15, 0.2) is 0 Å². The third-order valence-electron chi connectivity index (χ3n) is 4.84. The van der Waals surface area contributed by atoms with Gasteiger partial charge in [-0.2, -0.15) is 0 Å². The summed E-state index contributed by atoms with van der Waals surface area (Å²) in [4.78, 5) is 27.3. The van der Waals surface area contributed by atoms with Crippen molar-refractivity contribution in [2.45, 2.75) is 51.6 Å². The second-order valence-corrected chi connectivity index (χ2v) is 9.16. The van der Waals surface area contributed by atoms with Crippen LogP contribution in [0, 0.1) is 5.82 Å². The van der Waals surface area contributed by atoms with Crippen LogP contribution in [-0.4, -0.2) is 34.6 Å². The summed E-state index contributed by atoms with van der Waals surface area (Å²) in [5.41, 5.74) is 1.91. The van der Waals surface area contributed by atoms with E-state index >= 15 is 0 Å². The Morgan fingerprint density at radius 3 is 2.27 bits per heavy atom. The van der Waals surface area contributed by atoms with Crippen LogP contribution in [0.15, 0.2) is 53.0 Å². The fourth-order valence-electron chi connectivity index (χ4n) is 2.75. The van der Waals surface area contributed by atoms with Gasteiger partial charge in [-0.1, -0.05) is 47.1 Å². The summed E-state index contributed by atoms with van der Waals surface area (Å²) in [6.07, 6.45) is 0.826. The summed E-state index contributed by atoms with van der Waals surface area (Å²) in [7, 11) is 0. The SMILES string of the molecule is CC[C@@H](C)NC(=O)[C@@H](C)N(Cc1ccc(Br)cc1)C(=O)CSCc1ccc(F)cc1. The number of nitrogens with one attached hydrogen (secondary N) is 1. The van der Waals surface area contributed by atoms with Gasteiger partial charge >= 0.3 is 0 Å². The molecule has 2 aromatic carbocycles. The van der Waals surface area contributed by atoms with Crippen molar-refractivity contribution in [3.63, 3.8) is 0 Å². The molecule has 0 saturated heterocycles. The summed E-state index contributed by atoms with van der Waals surface area (Å²) in [5.74, 6) is 0.317. The molecule has 0 saturated carbocycles. The van der Waals surface area contributed by atoms with Gasteiger partial charge in [0, 0.05) is 22.8 Å². The highest BCUT2D eigenvalue weighted by Gasteiger charge is 2.26. The minimum Gasteiger partial charge on any atom is -0.352 e. The minimum atomic E-state index is -0.582. The molecule has 2 amide bonds. The molecule has 0 bridgehead atoms. The number of hydrogen-bond acceptors (Lipinski definition) is 3. The highest BCUT2D eigenvalue weighted by Crippen LogP contribution is 2.18. The molecule has 0 aliphatic heterocycles. The highest BCUT2D eigenvalue weighted by molar-refractivity contribution is 9.10. The Balaban J connectivity index is 2.06. The number of carbonyl (C=O) groups is 2. The third-order valence-corrected chi connectivity index (χ3v) is 6.36. The standard InChI is InChI=1S/C23H28BrFN2O2S/c1-4-16(2)26-23(29)17(3)27(13-18-5-9-20(24)10-6-18)22(28)15-30-14-19-7-11-21(25)12-8-19/h5-12,16-17H,4,13-15H2,1-3H3,(H,26,29)/t16-,17-/m1/s1. The van der Waals surface area contributed by atoms with E-state index in [1.54, 1.807) is 24.0 Å². The predicted octanol–water partition coefficient (Wildman–Crippen LogP) is 5.15. The van der Waals surface area contributed by atoms with Crippen molar-refractivity contribution in [3.8, 4) is 0 Å². The molecule has 162 valence electrons. The highest BCUT2D eigenvalue weighted by atomic mass is 79.9. The Labute approximate surface area is 190 Å². The van der Waals surface area contributed by atoms with Gasteiger partial charge in [0.05, 0.1) is 5.75 Å². The van der Waals surface area contributed by atoms with Crippen LogP contribution in [0.3, 0.4) is 0 Å². The number of benzene rings is 2. The Kier molecular flexibility index (Phi) is 9.85. The Hall–Kier alpha value is -1.86. The normalized spacial score (nSPS) is 12.8. The largest absolute Gasteiger partial charge is 0.352 e. The molecular weight excluding hydrogens is 467 g/mol. The first kappa shape index (κ1) is 24.4. The molecule has 7 heteroatoms. The van der Waals surface area contributed by atoms with E-state index in [-0.39, 0.29) is 29.4 Å². The lowest BCUT2D eigenvalue weighted by Gasteiger charge is -2.29. The number of hydrogen-bond donors (Lipinski definition) is 1. The Morgan fingerprint density at radius 1 is 1.07 bits per heavy atom. The lowest BCUT2D eigenvalue weighted by Crippen LogP contribution is -2.50. The molecule has 1 N–H and O–H groups in total. The first-order chi connectivity index (χ1) is 14.3. The molecule has 0 radical (unpaired) electrons. The van der Waals surface area contributed by atoms with Crippen LogP contribution < -0.4 is 5.32 Å². The molecule has 0 fully saturated rings. The van der Waals surface area contributed by atoms with Gasteiger partial charge in [-0.15, -0.1) is 11.8 Å². The van der Waals surface area contributed by atoms with Crippen molar-refractivity contribution < 1.29 is 14.0 Å². The van der Waals surface area contributed by atoms with E-state index in [1.165, 1.54) is 23.9 Å². The van der Waals surface area contributed by atoms with Gasteiger partial charge in [0.25, 0.3) is 0 Å². The van der Waals surface area contributed by atoms with Crippen LogP contribution in [0.2, 0.25) is 0 Å². The van der Waals surface area contributed by atoms with Crippen molar-refractivity contribution in [1.29, 1.82) is 0 Å². The molecule has 0 unspecified atom stereocenters. The zero-order chi connectivity index (χ0) is 22.1. The smallest absolute Gasteiger partial charge is 0.242 e. The van der Waals surface area contributed by atoms with Crippen molar-refractivity contribution >= 4 is 39.5 Å². The van der Waals surface area contributed by atoms with Crippen LogP contribution >= 0.6 is 27.7 Å². The average Bonchev–Trinajstić information content (AvgIpc) is 2.74. The average molecular weight is 495 g/mol. The minimum absolute atomic E-state index is 0.0532. The second kappa shape index (κ2) is 12.1. The first-order valence-corrected chi connectivity index (χ1v) is 11.9.